The molecule has 0 aromatic rings. The van der Waals surface area contributed by atoms with Crippen molar-refractivity contribution in [1.82, 2.24) is 14.8 Å². The topological polar surface area (TPSA) is 18.5 Å². The molecule has 0 saturated carbocycles. The summed E-state index contributed by atoms with van der Waals surface area (Å²) in [6.45, 7) is 19.5. The number of likely N-dealkylation sites (N-methyl/N-ethyl adjacent to an activating group) is 2. The molecule has 0 rings (SSSR count). The van der Waals surface area contributed by atoms with E-state index in [4.69, 9.17) is 0 Å². The molecule has 0 amide bonds. The maximum atomic E-state index is 3.79. The van der Waals surface area contributed by atoms with E-state index in [2.05, 4.69) is 56.3 Å². The zero-order valence-corrected chi connectivity index (χ0v) is 14.9. The lowest BCUT2D eigenvalue weighted by atomic mass is 10.3. The lowest BCUT2D eigenvalue weighted by Gasteiger charge is -2.38. The van der Waals surface area contributed by atoms with Crippen LogP contribution in [0.1, 0.15) is 48.0 Å². The molecule has 18 heavy (non-hydrogen) atoms. The highest BCUT2D eigenvalue weighted by atomic mass is 28.2. The van der Waals surface area contributed by atoms with Gasteiger partial charge in [0.15, 0.2) is 0 Å². The van der Waals surface area contributed by atoms with Crippen LogP contribution in [0.25, 0.3) is 0 Å². The van der Waals surface area contributed by atoms with E-state index in [1.165, 1.54) is 6.42 Å². The zero-order chi connectivity index (χ0) is 14.0. The molecule has 0 aromatic carbocycles. The highest BCUT2D eigenvalue weighted by Gasteiger charge is 2.20. The fraction of sp³-hybridized carbons (Fsp3) is 1.00. The minimum absolute atomic E-state index is 0.105. The Balaban J connectivity index is 4.37. The summed E-state index contributed by atoms with van der Waals surface area (Å²) < 4.78 is 0. The van der Waals surface area contributed by atoms with Crippen molar-refractivity contribution in [2.24, 2.45) is 0 Å². The van der Waals surface area contributed by atoms with Gasteiger partial charge in [-0.2, -0.15) is 0 Å². The highest BCUT2D eigenvalue weighted by Crippen LogP contribution is 2.07. The van der Waals surface area contributed by atoms with Gasteiger partial charge in [0.2, 0.25) is 0 Å². The SMILES string of the molecule is CCC(C)[SiH2]NCC(N(CC)CC)N(CC)CC. The number of hydrogen-bond acceptors (Lipinski definition) is 3. The molecule has 0 aromatic heterocycles. The Hall–Kier alpha value is 0.0969. The van der Waals surface area contributed by atoms with Crippen molar-refractivity contribution in [1.29, 1.82) is 0 Å². The summed E-state index contributed by atoms with van der Waals surface area (Å²) in [6.07, 6.45) is 1.90. The highest BCUT2D eigenvalue weighted by molar-refractivity contribution is 6.34. The Labute approximate surface area is 117 Å². The van der Waals surface area contributed by atoms with Crippen LogP contribution in [0.2, 0.25) is 5.54 Å². The Morgan fingerprint density at radius 1 is 0.889 bits per heavy atom. The lowest BCUT2D eigenvalue weighted by Crippen LogP contribution is -2.54. The van der Waals surface area contributed by atoms with Gasteiger partial charge in [-0.05, 0) is 31.7 Å². The maximum absolute atomic E-state index is 3.79. The van der Waals surface area contributed by atoms with Crippen molar-refractivity contribution in [2.45, 2.75) is 59.7 Å². The average Bonchev–Trinajstić information content (AvgIpc) is 2.40. The van der Waals surface area contributed by atoms with E-state index in [0.717, 1.165) is 38.3 Å². The van der Waals surface area contributed by atoms with Crippen LogP contribution < -0.4 is 4.98 Å². The summed E-state index contributed by atoms with van der Waals surface area (Å²) in [5.41, 5.74) is 0.916. The van der Waals surface area contributed by atoms with Crippen molar-refractivity contribution in [3.05, 3.63) is 0 Å². The second-order valence-corrected chi connectivity index (χ2v) is 7.40. The number of nitrogens with one attached hydrogen (secondary N) is 1. The molecule has 1 unspecified atom stereocenters. The van der Waals surface area contributed by atoms with Gasteiger partial charge in [-0.15, -0.1) is 0 Å². The fourth-order valence-electron chi connectivity index (χ4n) is 2.38. The van der Waals surface area contributed by atoms with Crippen LogP contribution in [0.3, 0.4) is 0 Å². The van der Waals surface area contributed by atoms with Crippen molar-refractivity contribution in [3.8, 4) is 0 Å². The maximum Gasteiger partial charge on any atom is 0.0945 e. The summed E-state index contributed by atoms with van der Waals surface area (Å²) in [6, 6.07) is 0. The Morgan fingerprint density at radius 3 is 1.67 bits per heavy atom. The predicted molar refractivity (Wildman–Crippen MR) is 85.9 cm³/mol. The van der Waals surface area contributed by atoms with Gasteiger partial charge in [0, 0.05) is 6.54 Å². The molecule has 0 aliphatic heterocycles. The van der Waals surface area contributed by atoms with Crippen molar-refractivity contribution >= 4 is 9.68 Å². The summed E-state index contributed by atoms with van der Waals surface area (Å²) in [4.78, 5) is 8.94. The van der Waals surface area contributed by atoms with Crippen molar-refractivity contribution in [3.63, 3.8) is 0 Å². The quantitative estimate of drug-likeness (QED) is 0.458. The molecule has 0 radical (unpaired) electrons. The van der Waals surface area contributed by atoms with Crippen molar-refractivity contribution in [2.75, 3.05) is 32.7 Å². The Bertz CT molecular complexity index is 170. The first kappa shape index (κ1) is 18.1. The predicted octanol–water partition coefficient (Wildman–Crippen LogP) is 1.89. The third kappa shape index (κ3) is 6.32. The minimum Gasteiger partial charge on any atom is -0.339 e. The monoisotopic (exact) mass is 273 g/mol. The van der Waals surface area contributed by atoms with E-state index in [-0.39, 0.29) is 9.68 Å². The first-order valence-corrected chi connectivity index (χ1v) is 9.35. The smallest absolute Gasteiger partial charge is 0.0945 e. The zero-order valence-electron chi connectivity index (χ0n) is 13.5. The van der Waals surface area contributed by atoms with E-state index in [9.17, 15) is 0 Å². The molecule has 3 nitrogen and oxygen atoms in total. The van der Waals surface area contributed by atoms with Crippen LogP contribution in [0, 0.1) is 0 Å². The Morgan fingerprint density at radius 2 is 1.33 bits per heavy atom. The van der Waals surface area contributed by atoms with Gasteiger partial charge in [0.1, 0.15) is 0 Å². The molecule has 0 saturated heterocycles. The minimum atomic E-state index is -0.105. The molecule has 4 heteroatoms. The van der Waals surface area contributed by atoms with Gasteiger partial charge in [-0.1, -0.05) is 48.0 Å². The van der Waals surface area contributed by atoms with Crippen LogP contribution >= 0.6 is 0 Å². The van der Waals surface area contributed by atoms with Gasteiger partial charge in [-0.3, -0.25) is 9.80 Å². The molecule has 0 aliphatic rings. The molecule has 0 spiro atoms. The summed E-state index contributed by atoms with van der Waals surface area (Å²) in [5.74, 6) is 0. The third-order valence-electron chi connectivity index (χ3n) is 3.98. The van der Waals surface area contributed by atoms with Crippen LogP contribution in [-0.2, 0) is 0 Å². The molecular formula is C14H35N3Si. The molecule has 1 atom stereocenters. The number of hydrogen-bond donors (Lipinski definition) is 1. The third-order valence-corrected chi connectivity index (χ3v) is 5.84. The van der Waals surface area contributed by atoms with Crippen LogP contribution in [0.5, 0.6) is 0 Å². The molecule has 1 N–H and O–H groups in total. The summed E-state index contributed by atoms with van der Waals surface area (Å²) in [7, 11) is -0.105. The Kier molecular flexibility index (Phi) is 11.0. The van der Waals surface area contributed by atoms with E-state index in [1.54, 1.807) is 0 Å². The summed E-state index contributed by atoms with van der Waals surface area (Å²) >= 11 is 0. The summed E-state index contributed by atoms with van der Waals surface area (Å²) in [5, 5.41) is 0. The van der Waals surface area contributed by atoms with Gasteiger partial charge in [0.25, 0.3) is 0 Å². The molecule has 0 heterocycles. The van der Waals surface area contributed by atoms with Crippen LogP contribution in [0.15, 0.2) is 0 Å². The largest absolute Gasteiger partial charge is 0.339 e. The number of nitrogens with zero attached hydrogens (tertiary/aromatic N) is 2. The van der Waals surface area contributed by atoms with Gasteiger partial charge >= 0.3 is 0 Å². The van der Waals surface area contributed by atoms with E-state index in [0.29, 0.717) is 6.17 Å². The van der Waals surface area contributed by atoms with Gasteiger partial charge in [0.05, 0.1) is 15.8 Å². The van der Waals surface area contributed by atoms with Gasteiger partial charge < -0.3 is 4.98 Å². The molecular weight excluding hydrogens is 238 g/mol. The van der Waals surface area contributed by atoms with Gasteiger partial charge in [-0.25, -0.2) is 0 Å². The lowest BCUT2D eigenvalue weighted by molar-refractivity contribution is 0.0604. The molecule has 0 fully saturated rings. The molecule has 0 bridgehead atoms. The first-order chi connectivity index (χ1) is 8.64. The molecule has 110 valence electrons. The van der Waals surface area contributed by atoms with Crippen molar-refractivity contribution < 1.29 is 0 Å². The van der Waals surface area contributed by atoms with E-state index >= 15 is 0 Å². The molecule has 0 aliphatic carbocycles. The number of rotatable bonds is 11. The second-order valence-electron chi connectivity index (χ2n) is 5.09. The van der Waals surface area contributed by atoms with Crippen LogP contribution in [0.4, 0.5) is 0 Å². The standard InChI is InChI=1S/C14H35N3Si/c1-7-13(6)18-15-12-14(16(8-2)9-3)17(10-4)11-5/h13-15H,7-12,18H2,1-6H3. The van der Waals surface area contributed by atoms with E-state index < -0.39 is 0 Å². The van der Waals surface area contributed by atoms with Crippen LogP contribution in [-0.4, -0.2) is 58.4 Å². The normalized spacial score (nSPS) is 14.5. The fourth-order valence-corrected chi connectivity index (χ4v) is 3.59. The average molecular weight is 274 g/mol. The second kappa shape index (κ2) is 11.0. The van der Waals surface area contributed by atoms with E-state index in [1.807, 2.05) is 0 Å². The first-order valence-electron chi connectivity index (χ1n) is 7.83.